The maximum atomic E-state index is 14.0. The Hall–Kier alpha value is -2.32. The second kappa shape index (κ2) is 9.66. The van der Waals surface area contributed by atoms with Crippen molar-refractivity contribution < 1.29 is 22.0 Å². The van der Waals surface area contributed by atoms with Gasteiger partial charge in [-0.05, 0) is 49.6 Å². The molecule has 2 aromatic rings. The van der Waals surface area contributed by atoms with E-state index in [2.05, 4.69) is 6.92 Å². The van der Waals surface area contributed by atoms with Crippen LogP contribution in [0.25, 0.3) is 0 Å². The van der Waals surface area contributed by atoms with E-state index in [-0.39, 0.29) is 24.9 Å². The van der Waals surface area contributed by atoms with E-state index in [4.69, 9.17) is 0 Å². The standard InChI is InChI=1S/C22H26F2N2O3S/c1-2-3-13-26(19-7-5-4-6-8-19)22(27)17-11-14-25(15-12-17)30(28,29)21-16-18(23)9-10-20(21)24/h4-10,16-17H,2-3,11-15H2,1H3. The monoisotopic (exact) mass is 436 g/mol. The number of hydrogen-bond donors (Lipinski definition) is 0. The summed E-state index contributed by atoms with van der Waals surface area (Å²) in [6, 6.07) is 11.8. The second-order valence-corrected chi connectivity index (χ2v) is 9.34. The molecular weight excluding hydrogens is 410 g/mol. The minimum Gasteiger partial charge on any atom is -0.312 e. The number of anilines is 1. The number of benzene rings is 2. The van der Waals surface area contributed by atoms with Crippen molar-refractivity contribution in [1.82, 2.24) is 4.31 Å². The van der Waals surface area contributed by atoms with Crippen LogP contribution in [-0.2, 0) is 14.8 Å². The number of hydrogen-bond acceptors (Lipinski definition) is 3. The minimum absolute atomic E-state index is 0.0244. The van der Waals surface area contributed by atoms with Gasteiger partial charge in [-0.25, -0.2) is 17.2 Å². The second-order valence-electron chi connectivity index (χ2n) is 7.43. The molecule has 1 aliphatic rings. The topological polar surface area (TPSA) is 57.7 Å². The fraction of sp³-hybridized carbons (Fsp3) is 0.409. The molecule has 1 fully saturated rings. The highest BCUT2D eigenvalue weighted by molar-refractivity contribution is 7.89. The zero-order valence-electron chi connectivity index (χ0n) is 16.9. The van der Waals surface area contributed by atoms with Crippen molar-refractivity contribution in [2.24, 2.45) is 5.92 Å². The maximum Gasteiger partial charge on any atom is 0.246 e. The summed E-state index contributed by atoms with van der Waals surface area (Å²) in [4.78, 5) is 14.3. The highest BCUT2D eigenvalue weighted by atomic mass is 32.2. The molecule has 8 heteroatoms. The number of para-hydroxylation sites is 1. The number of unbranched alkanes of at least 4 members (excludes halogenated alkanes) is 1. The first-order valence-corrected chi connectivity index (χ1v) is 11.6. The molecule has 1 heterocycles. The molecule has 3 rings (SSSR count). The van der Waals surface area contributed by atoms with Gasteiger partial charge < -0.3 is 4.90 Å². The van der Waals surface area contributed by atoms with Crippen molar-refractivity contribution in [3.8, 4) is 0 Å². The third-order valence-corrected chi connectivity index (χ3v) is 7.30. The number of carbonyl (C=O) groups excluding carboxylic acids is 1. The highest BCUT2D eigenvalue weighted by Gasteiger charge is 2.35. The van der Waals surface area contributed by atoms with E-state index in [0.717, 1.165) is 35.0 Å². The third-order valence-electron chi connectivity index (χ3n) is 5.38. The molecule has 1 amide bonds. The molecule has 0 bridgehead atoms. The van der Waals surface area contributed by atoms with Gasteiger partial charge in [0, 0.05) is 31.2 Å². The minimum atomic E-state index is -4.16. The molecule has 162 valence electrons. The van der Waals surface area contributed by atoms with Gasteiger partial charge in [0.05, 0.1) is 0 Å². The summed E-state index contributed by atoms with van der Waals surface area (Å²) in [5.41, 5.74) is 0.827. The summed E-state index contributed by atoms with van der Waals surface area (Å²) >= 11 is 0. The van der Waals surface area contributed by atoms with Crippen molar-refractivity contribution in [2.45, 2.75) is 37.5 Å². The largest absolute Gasteiger partial charge is 0.312 e. The van der Waals surface area contributed by atoms with Crippen molar-refractivity contribution in [3.05, 3.63) is 60.2 Å². The van der Waals surface area contributed by atoms with Crippen LogP contribution >= 0.6 is 0 Å². The first kappa shape index (κ1) is 22.4. The smallest absolute Gasteiger partial charge is 0.246 e. The first-order valence-electron chi connectivity index (χ1n) is 10.2. The molecule has 0 atom stereocenters. The maximum absolute atomic E-state index is 14.0. The van der Waals surface area contributed by atoms with Crippen LogP contribution in [0.1, 0.15) is 32.6 Å². The third kappa shape index (κ3) is 4.87. The molecule has 0 aliphatic carbocycles. The van der Waals surface area contributed by atoms with Crippen LogP contribution in [0, 0.1) is 17.6 Å². The van der Waals surface area contributed by atoms with E-state index in [0.29, 0.717) is 25.5 Å². The number of nitrogens with zero attached hydrogens (tertiary/aromatic N) is 2. The molecule has 0 spiro atoms. The summed E-state index contributed by atoms with van der Waals surface area (Å²) in [6.07, 6.45) is 2.49. The van der Waals surface area contributed by atoms with Crippen LogP contribution in [-0.4, -0.2) is 38.3 Å². The van der Waals surface area contributed by atoms with Gasteiger partial charge in [0.25, 0.3) is 0 Å². The average molecular weight is 437 g/mol. The van der Waals surface area contributed by atoms with Gasteiger partial charge in [0.2, 0.25) is 15.9 Å². The highest BCUT2D eigenvalue weighted by Crippen LogP contribution is 2.28. The quantitative estimate of drug-likeness (QED) is 0.654. The van der Waals surface area contributed by atoms with Crippen LogP contribution in [0.15, 0.2) is 53.4 Å². The SMILES string of the molecule is CCCCN(C(=O)C1CCN(S(=O)(=O)c2cc(F)ccc2F)CC1)c1ccccc1. The Morgan fingerprint density at radius 3 is 2.40 bits per heavy atom. The molecular formula is C22H26F2N2O3S. The molecule has 1 saturated heterocycles. The lowest BCUT2D eigenvalue weighted by Crippen LogP contribution is -2.45. The summed E-state index contributed by atoms with van der Waals surface area (Å²) in [6.45, 7) is 2.84. The zero-order chi connectivity index (χ0) is 21.7. The Balaban J connectivity index is 1.72. The van der Waals surface area contributed by atoms with E-state index in [1.807, 2.05) is 30.3 Å². The van der Waals surface area contributed by atoms with Gasteiger partial charge in [0.1, 0.15) is 16.5 Å². The molecule has 0 aromatic heterocycles. The molecule has 0 N–H and O–H groups in total. The Kier molecular flexibility index (Phi) is 7.20. The van der Waals surface area contributed by atoms with E-state index in [1.54, 1.807) is 4.90 Å². The summed E-state index contributed by atoms with van der Waals surface area (Å²) in [5.74, 6) is -2.13. The summed E-state index contributed by atoms with van der Waals surface area (Å²) in [5, 5.41) is 0. The van der Waals surface area contributed by atoms with Gasteiger partial charge in [0.15, 0.2) is 0 Å². The van der Waals surface area contributed by atoms with Gasteiger partial charge >= 0.3 is 0 Å². The van der Waals surface area contributed by atoms with E-state index >= 15 is 0 Å². The molecule has 0 radical (unpaired) electrons. The van der Waals surface area contributed by atoms with E-state index in [1.165, 1.54) is 0 Å². The predicted octanol–water partition coefficient (Wildman–Crippen LogP) is 4.20. The van der Waals surface area contributed by atoms with Gasteiger partial charge in [-0.15, -0.1) is 0 Å². The van der Waals surface area contributed by atoms with Crippen LogP contribution in [0.5, 0.6) is 0 Å². The molecule has 2 aromatic carbocycles. The Morgan fingerprint density at radius 1 is 1.10 bits per heavy atom. The molecule has 0 unspecified atom stereocenters. The number of halogens is 2. The Labute approximate surface area is 176 Å². The van der Waals surface area contributed by atoms with Crippen LogP contribution in [0.4, 0.5) is 14.5 Å². The number of sulfonamides is 1. The molecule has 30 heavy (non-hydrogen) atoms. The number of amides is 1. The average Bonchev–Trinajstić information content (AvgIpc) is 2.76. The number of rotatable bonds is 7. The Morgan fingerprint density at radius 2 is 1.77 bits per heavy atom. The number of carbonyl (C=O) groups is 1. The predicted molar refractivity (Wildman–Crippen MR) is 112 cm³/mol. The van der Waals surface area contributed by atoms with Crippen molar-refractivity contribution in [1.29, 1.82) is 0 Å². The normalized spacial score (nSPS) is 15.8. The summed E-state index contributed by atoms with van der Waals surface area (Å²) in [7, 11) is -4.16. The lowest BCUT2D eigenvalue weighted by Gasteiger charge is -2.34. The van der Waals surface area contributed by atoms with Crippen LogP contribution in [0.2, 0.25) is 0 Å². The van der Waals surface area contributed by atoms with Gasteiger partial charge in [-0.2, -0.15) is 4.31 Å². The van der Waals surface area contributed by atoms with Gasteiger partial charge in [-0.1, -0.05) is 31.5 Å². The zero-order valence-corrected chi connectivity index (χ0v) is 17.7. The molecule has 0 saturated carbocycles. The van der Waals surface area contributed by atoms with Crippen LogP contribution in [0.3, 0.4) is 0 Å². The van der Waals surface area contributed by atoms with E-state index in [9.17, 15) is 22.0 Å². The van der Waals surface area contributed by atoms with Crippen molar-refractivity contribution in [3.63, 3.8) is 0 Å². The number of piperidine rings is 1. The summed E-state index contributed by atoms with van der Waals surface area (Å²) < 4.78 is 54.1. The molecule has 5 nitrogen and oxygen atoms in total. The van der Waals surface area contributed by atoms with E-state index < -0.39 is 26.6 Å². The Bertz CT molecular complexity index is 975. The van der Waals surface area contributed by atoms with Crippen LogP contribution < -0.4 is 4.90 Å². The van der Waals surface area contributed by atoms with Crippen molar-refractivity contribution in [2.75, 3.05) is 24.5 Å². The van der Waals surface area contributed by atoms with Crippen molar-refractivity contribution >= 4 is 21.6 Å². The fourth-order valence-corrected chi connectivity index (χ4v) is 5.21. The first-order chi connectivity index (χ1) is 14.3. The lowest BCUT2D eigenvalue weighted by molar-refractivity contribution is -0.123. The molecule has 1 aliphatic heterocycles. The lowest BCUT2D eigenvalue weighted by atomic mass is 9.96. The fourth-order valence-electron chi connectivity index (χ4n) is 3.67. The van der Waals surface area contributed by atoms with Gasteiger partial charge in [-0.3, -0.25) is 4.79 Å².